The summed E-state index contributed by atoms with van der Waals surface area (Å²) in [6, 6.07) is 3.38. The number of aryl methyl sites for hydroxylation is 2. The molecule has 0 aromatic carbocycles. The third-order valence-corrected chi connectivity index (χ3v) is 6.55. The van der Waals surface area contributed by atoms with Crippen LogP contribution >= 0.6 is 54.5 Å². The molecule has 0 spiro atoms. The SMILES string of the molecule is COC(=O)c1cc(Br)c(C)s1.Cc1sc(C(=O)O)cc1Br. The zero-order valence-electron chi connectivity index (χ0n) is 11.4. The van der Waals surface area contributed by atoms with Gasteiger partial charge < -0.3 is 9.84 Å². The lowest BCUT2D eigenvalue weighted by Gasteiger charge is -1.90. The highest BCUT2D eigenvalue weighted by atomic mass is 79.9. The van der Waals surface area contributed by atoms with Gasteiger partial charge in [-0.15, -0.1) is 22.7 Å². The zero-order chi connectivity index (χ0) is 16.2. The quantitative estimate of drug-likeness (QED) is 0.638. The van der Waals surface area contributed by atoms with E-state index in [1.807, 2.05) is 13.8 Å². The Morgan fingerprint density at radius 1 is 1.05 bits per heavy atom. The second kappa shape index (κ2) is 8.07. The molecule has 0 atom stereocenters. The molecule has 8 heteroatoms. The third-order valence-electron chi connectivity index (χ3n) is 2.31. The Labute approximate surface area is 147 Å². The van der Waals surface area contributed by atoms with E-state index in [0.717, 1.165) is 18.7 Å². The lowest BCUT2D eigenvalue weighted by atomic mass is 10.4. The van der Waals surface area contributed by atoms with E-state index >= 15 is 0 Å². The largest absolute Gasteiger partial charge is 0.477 e. The maximum atomic E-state index is 10.9. The monoisotopic (exact) mass is 454 g/mol. The Morgan fingerprint density at radius 2 is 1.48 bits per heavy atom. The maximum Gasteiger partial charge on any atom is 0.348 e. The molecule has 2 heterocycles. The highest BCUT2D eigenvalue weighted by Gasteiger charge is 2.10. The fourth-order valence-corrected chi connectivity index (χ4v) is 4.05. The summed E-state index contributed by atoms with van der Waals surface area (Å²) in [6.45, 7) is 3.82. The van der Waals surface area contributed by atoms with Crippen LogP contribution in [0, 0.1) is 13.8 Å². The number of ether oxygens (including phenoxy) is 1. The number of rotatable bonds is 2. The van der Waals surface area contributed by atoms with Crippen LogP contribution in [-0.2, 0) is 4.74 Å². The number of carbonyl (C=O) groups excluding carboxylic acids is 1. The predicted molar refractivity (Wildman–Crippen MR) is 91.8 cm³/mol. The van der Waals surface area contributed by atoms with E-state index in [2.05, 4.69) is 36.6 Å². The molecular formula is C13H12Br2O4S2. The second-order valence-corrected chi connectivity index (χ2v) is 8.05. The number of esters is 1. The molecule has 2 rings (SSSR count). The van der Waals surface area contributed by atoms with Crippen LogP contribution in [0.4, 0.5) is 0 Å². The molecule has 0 saturated heterocycles. The Morgan fingerprint density at radius 3 is 1.71 bits per heavy atom. The number of aromatic carboxylic acids is 1. The van der Waals surface area contributed by atoms with Gasteiger partial charge in [0, 0.05) is 18.7 Å². The Bertz CT molecular complexity index is 622. The van der Waals surface area contributed by atoms with Crippen molar-refractivity contribution in [3.8, 4) is 0 Å². The van der Waals surface area contributed by atoms with E-state index in [1.54, 1.807) is 12.1 Å². The van der Waals surface area contributed by atoms with Crippen molar-refractivity contribution in [1.82, 2.24) is 0 Å². The fraction of sp³-hybridized carbons (Fsp3) is 0.231. The summed E-state index contributed by atoms with van der Waals surface area (Å²) in [5.41, 5.74) is 0. The predicted octanol–water partition coefficient (Wildman–Crippen LogP) is 5.12. The first kappa shape index (κ1) is 18.3. The molecule has 2 aromatic heterocycles. The standard InChI is InChI=1S/C7H7BrO2S.C6H5BrO2S/c1-4-5(8)3-6(11-4)7(9)10-2;1-3-4(7)2-5(10-3)6(8)9/h3H,1-2H3;2H,1H3,(H,8,9). The molecule has 0 aliphatic carbocycles. The third kappa shape index (κ3) is 5.21. The molecule has 0 fully saturated rings. The van der Waals surface area contributed by atoms with Gasteiger partial charge in [0.2, 0.25) is 0 Å². The van der Waals surface area contributed by atoms with Crippen LogP contribution in [0.3, 0.4) is 0 Å². The molecule has 0 radical (unpaired) electrons. The summed E-state index contributed by atoms with van der Waals surface area (Å²) in [7, 11) is 1.38. The number of thiophene rings is 2. The number of hydrogen-bond donors (Lipinski definition) is 1. The van der Waals surface area contributed by atoms with Gasteiger partial charge in [0.15, 0.2) is 0 Å². The van der Waals surface area contributed by atoms with Crippen LogP contribution in [0.5, 0.6) is 0 Å². The van der Waals surface area contributed by atoms with Gasteiger partial charge in [0.1, 0.15) is 9.75 Å². The minimum Gasteiger partial charge on any atom is -0.477 e. The summed E-state index contributed by atoms with van der Waals surface area (Å²) in [5, 5.41) is 8.51. The van der Waals surface area contributed by atoms with E-state index in [-0.39, 0.29) is 5.97 Å². The van der Waals surface area contributed by atoms with E-state index in [9.17, 15) is 9.59 Å². The lowest BCUT2D eigenvalue weighted by Crippen LogP contribution is -1.96. The number of hydrogen-bond acceptors (Lipinski definition) is 5. The molecule has 114 valence electrons. The molecule has 2 aromatic rings. The maximum absolute atomic E-state index is 10.9. The van der Waals surface area contributed by atoms with Crippen LogP contribution in [0.2, 0.25) is 0 Å². The van der Waals surface area contributed by atoms with Gasteiger partial charge in [-0.2, -0.15) is 0 Å². The van der Waals surface area contributed by atoms with Crippen molar-refractivity contribution in [3.05, 3.63) is 40.6 Å². The van der Waals surface area contributed by atoms with Gasteiger partial charge in [-0.3, -0.25) is 0 Å². The second-order valence-electron chi connectivity index (χ2n) is 3.83. The highest BCUT2D eigenvalue weighted by molar-refractivity contribution is 9.10. The first-order valence-electron chi connectivity index (χ1n) is 5.59. The molecule has 21 heavy (non-hydrogen) atoms. The van der Waals surface area contributed by atoms with Gasteiger partial charge in [0.05, 0.1) is 7.11 Å². The van der Waals surface area contributed by atoms with Gasteiger partial charge in [-0.1, -0.05) is 0 Å². The molecule has 4 nitrogen and oxygen atoms in total. The summed E-state index contributed by atoms with van der Waals surface area (Å²) < 4.78 is 6.39. The molecule has 0 aliphatic rings. The summed E-state index contributed by atoms with van der Waals surface area (Å²) >= 11 is 9.25. The fourth-order valence-electron chi connectivity index (χ4n) is 1.23. The lowest BCUT2D eigenvalue weighted by molar-refractivity contribution is 0.0605. The van der Waals surface area contributed by atoms with Crippen molar-refractivity contribution in [2.75, 3.05) is 7.11 Å². The smallest absolute Gasteiger partial charge is 0.348 e. The molecule has 0 amide bonds. The zero-order valence-corrected chi connectivity index (χ0v) is 16.2. The van der Waals surface area contributed by atoms with E-state index in [4.69, 9.17) is 5.11 Å². The Hall–Kier alpha value is -0.700. The van der Waals surface area contributed by atoms with E-state index in [1.165, 1.54) is 29.8 Å². The van der Waals surface area contributed by atoms with Crippen molar-refractivity contribution in [1.29, 1.82) is 0 Å². The molecule has 0 aliphatic heterocycles. The molecule has 0 saturated carbocycles. The van der Waals surface area contributed by atoms with E-state index in [0.29, 0.717) is 9.75 Å². The van der Waals surface area contributed by atoms with Crippen molar-refractivity contribution in [3.63, 3.8) is 0 Å². The normalized spacial score (nSPS) is 9.76. The van der Waals surface area contributed by atoms with Crippen molar-refractivity contribution < 1.29 is 19.4 Å². The van der Waals surface area contributed by atoms with Gasteiger partial charge in [-0.05, 0) is 57.8 Å². The van der Waals surface area contributed by atoms with E-state index < -0.39 is 5.97 Å². The first-order valence-corrected chi connectivity index (χ1v) is 8.81. The van der Waals surface area contributed by atoms with Crippen molar-refractivity contribution in [2.45, 2.75) is 13.8 Å². The van der Waals surface area contributed by atoms with Crippen LogP contribution in [0.1, 0.15) is 29.1 Å². The minimum atomic E-state index is -0.862. The number of carboxylic acids is 1. The van der Waals surface area contributed by atoms with Gasteiger partial charge in [-0.25, -0.2) is 9.59 Å². The van der Waals surface area contributed by atoms with Crippen LogP contribution < -0.4 is 0 Å². The summed E-state index contributed by atoms with van der Waals surface area (Å²) in [5.74, 6) is -1.14. The minimum absolute atomic E-state index is 0.274. The average molecular weight is 456 g/mol. The molecule has 1 N–H and O–H groups in total. The van der Waals surface area contributed by atoms with Crippen molar-refractivity contribution in [2.24, 2.45) is 0 Å². The van der Waals surface area contributed by atoms with Crippen LogP contribution in [-0.4, -0.2) is 24.2 Å². The average Bonchev–Trinajstić information content (AvgIpc) is 2.94. The molecule has 0 unspecified atom stereocenters. The van der Waals surface area contributed by atoms with Crippen LogP contribution in [0.15, 0.2) is 21.1 Å². The van der Waals surface area contributed by atoms with Crippen LogP contribution in [0.25, 0.3) is 0 Å². The number of methoxy groups -OCH3 is 1. The first-order chi connectivity index (χ1) is 9.76. The highest BCUT2D eigenvalue weighted by Crippen LogP contribution is 2.27. The summed E-state index contributed by atoms with van der Waals surface area (Å²) in [4.78, 5) is 24.4. The number of carboxylic acid groups (broad SMARTS) is 1. The number of halogens is 2. The topological polar surface area (TPSA) is 63.6 Å². The number of carbonyl (C=O) groups is 2. The van der Waals surface area contributed by atoms with Crippen molar-refractivity contribution >= 4 is 66.5 Å². The Kier molecular flexibility index (Phi) is 7.05. The van der Waals surface area contributed by atoms with Gasteiger partial charge in [0.25, 0.3) is 0 Å². The van der Waals surface area contributed by atoms with Gasteiger partial charge >= 0.3 is 11.9 Å². The molecular weight excluding hydrogens is 444 g/mol. The molecule has 0 bridgehead atoms. The Balaban J connectivity index is 0.000000211. The summed E-state index contributed by atoms with van der Waals surface area (Å²) in [6.07, 6.45) is 0.